The monoisotopic (exact) mass is 531 g/mol. The summed E-state index contributed by atoms with van der Waals surface area (Å²) in [6.07, 6.45) is 3.25. The maximum Gasteiger partial charge on any atom is 0.371 e. The second kappa shape index (κ2) is 9.88. The molecule has 0 saturated carbocycles. The predicted molar refractivity (Wildman–Crippen MR) is 148 cm³/mol. The first-order chi connectivity index (χ1) is 19.4. The van der Waals surface area contributed by atoms with Gasteiger partial charge in [0.1, 0.15) is 11.3 Å². The van der Waals surface area contributed by atoms with Gasteiger partial charge in [0.05, 0.1) is 17.9 Å². The number of carbonyl (C=O) groups is 4. The van der Waals surface area contributed by atoms with E-state index in [4.69, 9.17) is 4.42 Å². The quantitative estimate of drug-likeness (QED) is 0.227. The highest BCUT2D eigenvalue weighted by molar-refractivity contribution is 6.46. The third kappa shape index (κ3) is 4.25. The highest BCUT2D eigenvalue weighted by Gasteiger charge is 2.43. The van der Waals surface area contributed by atoms with Crippen molar-refractivity contribution in [2.75, 3.05) is 9.80 Å². The number of hydrogen-bond acceptors (Lipinski definition) is 5. The summed E-state index contributed by atoms with van der Waals surface area (Å²) >= 11 is 0. The maximum absolute atomic E-state index is 13.7. The fourth-order valence-corrected chi connectivity index (χ4v) is 4.76. The van der Waals surface area contributed by atoms with Crippen LogP contribution in [-0.4, -0.2) is 33.5 Å². The van der Waals surface area contributed by atoms with Crippen LogP contribution < -0.4 is 9.80 Å². The Hall–Kier alpha value is -5.70. The van der Waals surface area contributed by atoms with Gasteiger partial charge < -0.3 is 14.1 Å². The van der Waals surface area contributed by atoms with E-state index in [0.29, 0.717) is 22.7 Å². The van der Waals surface area contributed by atoms with Crippen LogP contribution in [0.4, 0.5) is 16.2 Å². The Morgan fingerprint density at radius 1 is 0.750 bits per heavy atom. The Morgan fingerprint density at radius 2 is 1.32 bits per heavy atom. The smallest absolute Gasteiger partial charge is 0.371 e. The van der Waals surface area contributed by atoms with Crippen molar-refractivity contribution in [1.29, 1.82) is 0 Å². The minimum absolute atomic E-state index is 0.168. The van der Waals surface area contributed by atoms with Crippen molar-refractivity contribution in [3.05, 3.63) is 126 Å². The molecule has 0 radical (unpaired) electrons. The van der Waals surface area contributed by atoms with E-state index in [0.717, 1.165) is 20.7 Å². The van der Waals surface area contributed by atoms with Gasteiger partial charge in [-0.1, -0.05) is 54.6 Å². The molecule has 0 atom stereocenters. The summed E-state index contributed by atoms with van der Waals surface area (Å²) in [7, 11) is 0. The number of aromatic carboxylic acids is 1. The molecule has 9 nitrogen and oxygen atoms in total. The van der Waals surface area contributed by atoms with Gasteiger partial charge in [0, 0.05) is 22.7 Å². The van der Waals surface area contributed by atoms with Crippen LogP contribution in [0.3, 0.4) is 0 Å². The molecule has 5 aromatic rings. The van der Waals surface area contributed by atoms with Gasteiger partial charge >= 0.3 is 12.0 Å². The zero-order valence-electron chi connectivity index (χ0n) is 20.9. The van der Waals surface area contributed by atoms with Crippen molar-refractivity contribution in [2.45, 2.75) is 6.54 Å². The Labute approximate surface area is 227 Å². The second-order valence-electron chi connectivity index (χ2n) is 9.09. The minimum atomic E-state index is -1.16. The normalized spacial score (nSPS) is 13.8. The van der Waals surface area contributed by atoms with Gasteiger partial charge in [-0.2, -0.15) is 0 Å². The number of anilines is 2. The predicted octanol–water partition coefficient (Wildman–Crippen LogP) is 5.56. The molecule has 1 fully saturated rings. The number of benzene rings is 3. The third-order valence-electron chi connectivity index (χ3n) is 6.60. The summed E-state index contributed by atoms with van der Waals surface area (Å²) in [6.45, 7) is 0.226. The Balaban J connectivity index is 1.47. The molecule has 3 aromatic carbocycles. The van der Waals surface area contributed by atoms with E-state index in [1.807, 2.05) is 28.8 Å². The molecule has 1 aliphatic rings. The molecular weight excluding hydrogens is 510 g/mol. The number of aromatic nitrogens is 1. The Morgan fingerprint density at radius 3 is 1.90 bits per heavy atom. The number of fused-ring (bicyclic) bond motifs is 1. The fraction of sp³-hybridized carbons (Fsp3) is 0.0323. The highest BCUT2D eigenvalue weighted by Crippen LogP contribution is 2.31. The van der Waals surface area contributed by atoms with E-state index in [9.17, 15) is 24.3 Å². The molecule has 0 bridgehead atoms. The summed E-state index contributed by atoms with van der Waals surface area (Å²) in [6, 6.07) is 26.5. The number of urea groups is 1. The van der Waals surface area contributed by atoms with Crippen LogP contribution >= 0.6 is 0 Å². The van der Waals surface area contributed by atoms with Crippen LogP contribution in [0.25, 0.3) is 17.0 Å². The molecule has 2 aromatic heterocycles. The lowest BCUT2D eigenvalue weighted by Crippen LogP contribution is -2.57. The molecule has 4 amide bonds. The molecule has 1 saturated heterocycles. The zero-order chi connectivity index (χ0) is 27.8. The van der Waals surface area contributed by atoms with Gasteiger partial charge in [-0.3, -0.25) is 9.59 Å². The molecule has 196 valence electrons. The van der Waals surface area contributed by atoms with Gasteiger partial charge in [-0.15, -0.1) is 0 Å². The summed E-state index contributed by atoms with van der Waals surface area (Å²) < 4.78 is 7.28. The number of carboxylic acid groups (broad SMARTS) is 1. The van der Waals surface area contributed by atoms with Crippen molar-refractivity contribution in [2.24, 2.45) is 0 Å². The van der Waals surface area contributed by atoms with E-state index in [1.165, 1.54) is 12.1 Å². The molecule has 6 rings (SSSR count). The first-order valence-electron chi connectivity index (χ1n) is 12.4. The largest absolute Gasteiger partial charge is 0.475 e. The SMILES string of the molecule is O=C(O)c1ccc(Cn2cc(C=C3C(=O)N(c4ccccc4)C(=O)N(c4ccccc4)C3=O)c3ccccc32)o1. The molecular formula is C31H21N3O6. The average molecular weight is 532 g/mol. The number of carboxylic acids is 1. The number of rotatable bonds is 6. The van der Waals surface area contributed by atoms with Crippen LogP contribution in [-0.2, 0) is 16.1 Å². The summed E-state index contributed by atoms with van der Waals surface area (Å²) in [5.41, 5.74) is 1.86. The molecule has 1 aliphatic heterocycles. The lowest BCUT2D eigenvalue weighted by atomic mass is 10.0. The van der Waals surface area contributed by atoms with Gasteiger partial charge in [0.2, 0.25) is 5.76 Å². The van der Waals surface area contributed by atoms with Crippen molar-refractivity contribution < 1.29 is 28.7 Å². The van der Waals surface area contributed by atoms with Gasteiger partial charge in [0.25, 0.3) is 11.8 Å². The lowest BCUT2D eigenvalue weighted by molar-refractivity contribution is -0.121. The van der Waals surface area contributed by atoms with Crippen molar-refractivity contribution in [3.63, 3.8) is 0 Å². The van der Waals surface area contributed by atoms with E-state index in [2.05, 4.69) is 0 Å². The van der Waals surface area contributed by atoms with E-state index in [1.54, 1.807) is 72.9 Å². The first-order valence-corrected chi connectivity index (χ1v) is 12.4. The second-order valence-corrected chi connectivity index (χ2v) is 9.09. The van der Waals surface area contributed by atoms with Crippen LogP contribution in [0.2, 0.25) is 0 Å². The molecule has 40 heavy (non-hydrogen) atoms. The highest BCUT2D eigenvalue weighted by atomic mass is 16.4. The number of furan rings is 1. The standard InChI is InChI=1S/C31H21N3O6/c35-28-25(29(36)34(22-11-5-2-6-12-22)31(39)33(28)21-9-3-1-4-10-21)17-20-18-32(26-14-8-7-13-24(20)26)19-23-15-16-27(40-23)30(37)38/h1-18H,19H2,(H,37,38). The summed E-state index contributed by atoms with van der Waals surface area (Å²) in [4.78, 5) is 54.3. The number of imide groups is 2. The van der Waals surface area contributed by atoms with Gasteiger partial charge in [0.15, 0.2) is 0 Å². The van der Waals surface area contributed by atoms with Crippen LogP contribution in [0.5, 0.6) is 0 Å². The number of carbonyl (C=O) groups excluding carboxylic acids is 3. The third-order valence-corrected chi connectivity index (χ3v) is 6.60. The minimum Gasteiger partial charge on any atom is -0.475 e. The van der Waals surface area contributed by atoms with E-state index in [-0.39, 0.29) is 17.9 Å². The number of para-hydroxylation sites is 3. The van der Waals surface area contributed by atoms with Crippen LogP contribution in [0.15, 0.2) is 113 Å². The maximum atomic E-state index is 13.7. The van der Waals surface area contributed by atoms with Crippen LogP contribution in [0, 0.1) is 0 Å². The van der Waals surface area contributed by atoms with Crippen LogP contribution in [0.1, 0.15) is 21.9 Å². The van der Waals surface area contributed by atoms with E-state index < -0.39 is 23.8 Å². The molecule has 3 heterocycles. The summed E-state index contributed by atoms with van der Waals surface area (Å²) in [5, 5.41) is 9.95. The number of hydrogen-bond donors (Lipinski definition) is 1. The molecule has 1 N–H and O–H groups in total. The van der Waals surface area contributed by atoms with Crippen molar-refractivity contribution in [1.82, 2.24) is 4.57 Å². The number of nitrogens with zero attached hydrogens (tertiary/aromatic N) is 3. The summed E-state index contributed by atoms with van der Waals surface area (Å²) in [5.74, 6) is -2.37. The lowest BCUT2D eigenvalue weighted by Gasteiger charge is -2.33. The average Bonchev–Trinajstić information content (AvgIpc) is 3.58. The first kappa shape index (κ1) is 24.6. The topological polar surface area (TPSA) is 113 Å². The molecule has 0 unspecified atom stereocenters. The Kier molecular flexibility index (Phi) is 6.08. The molecule has 9 heteroatoms. The van der Waals surface area contributed by atoms with E-state index >= 15 is 0 Å². The van der Waals surface area contributed by atoms with Gasteiger partial charge in [-0.05, 0) is 48.5 Å². The fourth-order valence-electron chi connectivity index (χ4n) is 4.76. The van der Waals surface area contributed by atoms with Gasteiger partial charge in [-0.25, -0.2) is 19.4 Å². The number of amides is 4. The molecule has 0 spiro atoms. The number of barbiturate groups is 1. The zero-order valence-corrected chi connectivity index (χ0v) is 20.9. The molecule has 0 aliphatic carbocycles. The van der Waals surface area contributed by atoms with Crippen molar-refractivity contribution >= 4 is 52.2 Å². The Bertz CT molecular complexity index is 1750. The van der Waals surface area contributed by atoms with Crippen molar-refractivity contribution in [3.8, 4) is 0 Å².